The van der Waals surface area contributed by atoms with Crippen molar-refractivity contribution in [1.82, 2.24) is 19.8 Å². The number of rotatable bonds is 4. The Morgan fingerprint density at radius 2 is 1.89 bits per heavy atom. The van der Waals surface area contributed by atoms with E-state index >= 15 is 0 Å². The fourth-order valence-electron chi connectivity index (χ4n) is 4.74. The van der Waals surface area contributed by atoms with Crippen LogP contribution in [0.4, 0.5) is 5.69 Å². The highest BCUT2D eigenvalue weighted by molar-refractivity contribution is 5.75. The predicted octanol–water partition coefficient (Wildman–Crippen LogP) is 2.54. The smallest absolute Gasteiger partial charge is 0.200 e. The van der Waals surface area contributed by atoms with Gasteiger partial charge in [-0.1, -0.05) is 0 Å². The van der Waals surface area contributed by atoms with Crippen LogP contribution in [0.3, 0.4) is 0 Å². The molecule has 7 nitrogen and oxygen atoms in total. The Bertz CT molecular complexity index is 941. The molecule has 27 heavy (non-hydrogen) atoms. The lowest BCUT2D eigenvalue weighted by Gasteiger charge is -2.40. The van der Waals surface area contributed by atoms with Gasteiger partial charge in [0.05, 0.1) is 18.5 Å². The molecule has 0 aliphatic carbocycles. The number of ether oxygens (including phenoxy) is 1. The highest BCUT2D eigenvalue weighted by Gasteiger charge is 2.41. The van der Waals surface area contributed by atoms with Crippen LogP contribution in [0, 0.1) is 5.92 Å². The minimum Gasteiger partial charge on any atom is -0.497 e. The summed E-state index contributed by atoms with van der Waals surface area (Å²) in [5.74, 6) is 1.24. The first-order valence-corrected chi connectivity index (χ1v) is 9.51. The maximum Gasteiger partial charge on any atom is 0.200 e. The Labute approximate surface area is 157 Å². The average molecular weight is 365 g/mol. The minimum atomic E-state index is 0.286. The molecule has 2 aliphatic rings. The fourth-order valence-corrected chi connectivity index (χ4v) is 4.74. The maximum absolute atomic E-state index is 9.62. The highest BCUT2D eigenvalue weighted by Crippen LogP contribution is 2.43. The van der Waals surface area contributed by atoms with Gasteiger partial charge in [0.15, 0.2) is 0 Å². The van der Waals surface area contributed by atoms with Crippen molar-refractivity contribution in [3.63, 3.8) is 0 Å². The van der Waals surface area contributed by atoms with Gasteiger partial charge in [0.1, 0.15) is 12.1 Å². The van der Waals surface area contributed by atoms with Crippen LogP contribution in [-0.4, -0.2) is 50.7 Å². The molecule has 1 aromatic carbocycles. The second kappa shape index (κ2) is 6.49. The predicted molar refractivity (Wildman–Crippen MR) is 102 cm³/mol. The normalized spacial score (nSPS) is 24.5. The Balaban J connectivity index is 1.59. The Kier molecular flexibility index (Phi) is 3.97. The summed E-state index contributed by atoms with van der Waals surface area (Å²) >= 11 is 0. The van der Waals surface area contributed by atoms with Crippen molar-refractivity contribution >= 4 is 11.3 Å². The van der Waals surface area contributed by atoms with Gasteiger partial charge in [0.2, 0.25) is 5.65 Å². The van der Waals surface area contributed by atoms with Gasteiger partial charge in [0.25, 0.3) is 0 Å². The van der Waals surface area contributed by atoms with Crippen molar-refractivity contribution in [2.45, 2.75) is 37.8 Å². The molecule has 2 saturated heterocycles. The third kappa shape index (κ3) is 2.73. The Morgan fingerprint density at radius 1 is 1.15 bits per heavy atom. The van der Waals surface area contributed by atoms with Crippen molar-refractivity contribution in [3.8, 4) is 17.0 Å². The van der Waals surface area contributed by atoms with E-state index in [1.807, 2.05) is 24.3 Å². The van der Waals surface area contributed by atoms with Crippen LogP contribution in [0.25, 0.3) is 16.9 Å². The molecule has 140 valence electrons. The topological polar surface area (TPSA) is 75.8 Å². The number of aliphatic hydroxyl groups is 1. The van der Waals surface area contributed by atoms with Crippen LogP contribution in [0.2, 0.25) is 0 Å². The highest BCUT2D eigenvalue weighted by atomic mass is 16.5. The lowest BCUT2D eigenvalue weighted by Crippen LogP contribution is -2.44. The minimum absolute atomic E-state index is 0.286. The molecule has 3 atom stereocenters. The van der Waals surface area contributed by atoms with E-state index in [1.165, 1.54) is 12.8 Å². The molecule has 1 N–H and O–H groups in total. The van der Waals surface area contributed by atoms with Crippen LogP contribution >= 0.6 is 0 Å². The van der Waals surface area contributed by atoms with Gasteiger partial charge in [-0.3, -0.25) is 0 Å². The van der Waals surface area contributed by atoms with E-state index in [2.05, 4.69) is 21.2 Å². The standard InChI is InChI=1S/C20H23N5O2/c1-27-17-6-2-14(3-7-17)18-10-19(20-22-21-12-24(20)23-18)25-15-4-5-16(25)9-13(8-15)11-26/h2-3,6-7,10,12-13,15-16,26H,4-5,8-9,11H2,1H3/t13?,15-,16+. The van der Waals surface area contributed by atoms with Crippen molar-refractivity contribution in [3.05, 3.63) is 36.7 Å². The maximum atomic E-state index is 9.62. The Hall–Kier alpha value is -2.67. The zero-order valence-corrected chi connectivity index (χ0v) is 15.3. The van der Waals surface area contributed by atoms with E-state index in [-0.39, 0.29) is 6.61 Å². The van der Waals surface area contributed by atoms with Crippen molar-refractivity contribution in [1.29, 1.82) is 0 Å². The van der Waals surface area contributed by atoms with Crippen LogP contribution in [0.15, 0.2) is 36.7 Å². The van der Waals surface area contributed by atoms with E-state index in [0.717, 1.165) is 41.2 Å². The fraction of sp³-hybridized carbons (Fsp3) is 0.450. The monoisotopic (exact) mass is 365 g/mol. The van der Waals surface area contributed by atoms with Crippen LogP contribution < -0.4 is 9.64 Å². The number of hydrogen-bond donors (Lipinski definition) is 1. The Morgan fingerprint density at radius 3 is 2.56 bits per heavy atom. The number of nitrogens with zero attached hydrogens (tertiary/aromatic N) is 5. The van der Waals surface area contributed by atoms with Gasteiger partial charge in [-0.2, -0.15) is 9.61 Å². The van der Waals surface area contributed by atoms with Crippen molar-refractivity contribution in [2.75, 3.05) is 18.6 Å². The molecule has 4 heterocycles. The lowest BCUT2D eigenvalue weighted by molar-refractivity contribution is 0.186. The number of aliphatic hydroxyl groups excluding tert-OH is 1. The van der Waals surface area contributed by atoms with E-state index in [1.54, 1.807) is 18.0 Å². The zero-order chi connectivity index (χ0) is 18.4. The van der Waals surface area contributed by atoms with Crippen LogP contribution in [0.5, 0.6) is 5.75 Å². The summed E-state index contributed by atoms with van der Waals surface area (Å²) in [5, 5.41) is 22.7. The zero-order valence-electron chi connectivity index (χ0n) is 15.3. The molecule has 2 aromatic heterocycles. The van der Waals surface area contributed by atoms with E-state index in [9.17, 15) is 5.11 Å². The molecule has 0 saturated carbocycles. The first-order valence-electron chi connectivity index (χ1n) is 9.51. The van der Waals surface area contributed by atoms with Crippen molar-refractivity contribution < 1.29 is 9.84 Å². The second-order valence-corrected chi connectivity index (χ2v) is 7.55. The van der Waals surface area contributed by atoms with Gasteiger partial charge in [-0.05, 0) is 61.9 Å². The van der Waals surface area contributed by atoms with Gasteiger partial charge in [-0.15, -0.1) is 10.2 Å². The molecule has 2 aliphatic heterocycles. The van der Waals surface area contributed by atoms with E-state index in [0.29, 0.717) is 18.0 Å². The molecule has 2 fully saturated rings. The molecule has 0 radical (unpaired) electrons. The quantitative estimate of drug-likeness (QED) is 0.766. The number of piperidine rings is 1. The first-order chi connectivity index (χ1) is 13.3. The van der Waals surface area contributed by atoms with Crippen LogP contribution in [-0.2, 0) is 0 Å². The molecule has 3 aromatic rings. The lowest BCUT2D eigenvalue weighted by atomic mass is 9.91. The number of methoxy groups -OCH3 is 1. The molecule has 0 spiro atoms. The molecular weight excluding hydrogens is 342 g/mol. The number of anilines is 1. The summed E-state index contributed by atoms with van der Waals surface area (Å²) in [4.78, 5) is 2.50. The molecular formula is C20H23N5O2. The van der Waals surface area contributed by atoms with E-state index < -0.39 is 0 Å². The molecule has 7 heteroatoms. The van der Waals surface area contributed by atoms with Gasteiger partial charge >= 0.3 is 0 Å². The van der Waals surface area contributed by atoms with Crippen molar-refractivity contribution in [2.24, 2.45) is 5.92 Å². The van der Waals surface area contributed by atoms with Gasteiger partial charge < -0.3 is 14.7 Å². The van der Waals surface area contributed by atoms with Gasteiger partial charge in [0, 0.05) is 24.3 Å². The summed E-state index contributed by atoms with van der Waals surface area (Å²) in [6.07, 6.45) is 6.07. The number of hydrogen-bond acceptors (Lipinski definition) is 6. The number of benzene rings is 1. The summed E-state index contributed by atoms with van der Waals surface area (Å²) in [6, 6.07) is 11.0. The summed E-state index contributed by atoms with van der Waals surface area (Å²) < 4.78 is 7.03. The first kappa shape index (κ1) is 16.5. The molecule has 2 bridgehead atoms. The second-order valence-electron chi connectivity index (χ2n) is 7.55. The van der Waals surface area contributed by atoms with Crippen LogP contribution in [0.1, 0.15) is 25.7 Å². The molecule has 0 amide bonds. The average Bonchev–Trinajstić information content (AvgIpc) is 3.29. The third-order valence-corrected chi connectivity index (χ3v) is 6.00. The van der Waals surface area contributed by atoms with Gasteiger partial charge in [-0.25, -0.2) is 0 Å². The SMILES string of the molecule is COc1ccc(-c2cc(N3[C@@H]4CC[C@H]3CC(CO)C4)c3nncn3n2)cc1. The molecule has 1 unspecified atom stereocenters. The molecule has 5 rings (SSSR count). The number of fused-ring (bicyclic) bond motifs is 3. The largest absolute Gasteiger partial charge is 0.497 e. The summed E-state index contributed by atoms with van der Waals surface area (Å²) in [6.45, 7) is 0.286. The van der Waals surface area contributed by atoms with E-state index in [4.69, 9.17) is 9.84 Å². The third-order valence-electron chi connectivity index (χ3n) is 6.00. The number of aromatic nitrogens is 4. The summed E-state index contributed by atoms with van der Waals surface area (Å²) in [5.41, 5.74) is 3.82. The summed E-state index contributed by atoms with van der Waals surface area (Å²) in [7, 11) is 1.67.